The molecule has 1 unspecified atom stereocenters. The van der Waals surface area contributed by atoms with E-state index in [0.717, 1.165) is 12.2 Å². The van der Waals surface area contributed by atoms with E-state index in [1.165, 1.54) is 16.0 Å². The molecule has 0 saturated heterocycles. The lowest BCUT2D eigenvalue weighted by Gasteiger charge is -2.19. The SMILES string of the molecule is CNC(Cc1cncs1)c1cc(C)ccc1OC. The van der Waals surface area contributed by atoms with E-state index in [9.17, 15) is 0 Å². The van der Waals surface area contributed by atoms with E-state index in [1.807, 2.05) is 24.8 Å². The standard InChI is InChI=1S/C14H18N2OS/c1-10-4-5-14(17-3)12(6-10)13(15-2)7-11-8-16-9-18-11/h4-6,8-9,13,15H,7H2,1-3H3. The molecule has 0 aliphatic rings. The summed E-state index contributed by atoms with van der Waals surface area (Å²) >= 11 is 1.69. The van der Waals surface area contributed by atoms with Gasteiger partial charge in [0.2, 0.25) is 0 Å². The topological polar surface area (TPSA) is 34.2 Å². The van der Waals surface area contributed by atoms with Gasteiger partial charge in [0.1, 0.15) is 5.75 Å². The monoisotopic (exact) mass is 262 g/mol. The van der Waals surface area contributed by atoms with Crippen molar-refractivity contribution < 1.29 is 4.74 Å². The van der Waals surface area contributed by atoms with E-state index in [4.69, 9.17) is 4.74 Å². The van der Waals surface area contributed by atoms with E-state index < -0.39 is 0 Å². The van der Waals surface area contributed by atoms with E-state index in [2.05, 4.69) is 29.4 Å². The number of hydrogen-bond acceptors (Lipinski definition) is 4. The van der Waals surface area contributed by atoms with Gasteiger partial charge < -0.3 is 10.1 Å². The van der Waals surface area contributed by atoms with Crippen LogP contribution in [0.4, 0.5) is 0 Å². The Bertz CT molecular complexity index is 497. The lowest BCUT2D eigenvalue weighted by Crippen LogP contribution is -2.19. The van der Waals surface area contributed by atoms with Gasteiger partial charge in [0, 0.05) is 29.1 Å². The molecule has 3 nitrogen and oxygen atoms in total. The Morgan fingerprint density at radius 3 is 2.89 bits per heavy atom. The molecule has 1 aromatic carbocycles. The van der Waals surface area contributed by atoms with Gasteiger partial charge in [0.05, 0.1) is 12.6 Å². The molecule has 1 aromatic heterocycles. The Kier molecular flexibility index (Phi) is 4.33. The molecule has 0 aliphatic heterocycles. The molecule has 4 heteroatoms. The average Bonchev–Trinajstić information content (AvgIpc) is 2.88. The number of likely N-dealkylation sites (N-methyl/N-ethyl adjacent to an activating group) is 1. The second kappa shape index (κ2) is 5.98. The van der Waals surface area contributed by atoms with Crippen LogP contribution in [-0.4, -0.2) is 19.1 Å². The number of ether oxygens (including phenoxy) is 1. The predicted molar refractivity (Wildman–Crippen MR) is 75.3 cm³/mol. The van der Waals surface area contributed by atoms with Crippen LogP contribution in [0.5, 0.6) is 5.75 Å². The molecule has 1 heterocycles. The van der Waals surface area contributed by atoms with Crippen LogP contribution in [-0.2, 0) is 6.42 Å². The quantitative estimate of drug-likeness (QED) is 0.899. The first kappa shape index (κ1) is 13.1. The third-order valence-corrected chi connectivity index (χ3v) is 3.80. The minimum atomic E-state index is 0.250. The fourth-order valence-corrected chi connectivity index (χ4v) is 2.68. The zero-order chi connectivity index (χ0) is 13.0. The van der Waals surface area contributed by atoms with Crippen LogP contribution in [0.15, 0.2) is 29.9 Å². The molecule has 1 N–H and O–H groups in total. The van der Waals surface area contributed by atoms with Crippen LogP contribution in [0, 0.1) is 6.92 Å². The van der Waals surface area contributed by atoms with Crippen LogP contribution in [0.3, 0.4) is 0 Å². The normalized spacial score (nSPS) is 12.4. The molecule has 96 valence electrons. The number of aromatic nitrogens is 1. The maximum absolute atomic E-state index is 5.45. The summed E-state index contributed by atoms with van der Waals surface area (Å²) in [6.07, 6.45) is 2.86. The summed E-state index contributed by atoms with van der Waals surface area (Å²) in [5.41, 5.74) is 4.32. The van der Waals surface area contributed by atoms with Gasteiger partial charge in [0.25, 0.3) is 0 Å². The average molecular weight is 262 g/mol. The number of rotatable bonds is 5. The second-order valence-corrected chi connectivity index (χ2v) is 5.23. The molecule has 18 heavy (non-hydrogen) atoms. The summed E-state index contributed by atoms with van der Waals surface area (Å²) in [5.74, 6) is 0.935. The van der Waals surface area contributed by atoms with Crippen LogP contribution in [0.1, 0.15) is 22.0 Å². The number of nitrogens with one attached hydrogen (secondary N) is 1. The largest absolute Gasteiger partial charge is 0.496 e. The highest BCUT2D eigenvalue weighted by atomic mass is 32.1. The van der Waals surface area contributed by atoms with Crippen molar-refractivity contribution in [1.82, 2.24) is 10.3 Å². The zero-order valence-corrected chi connectivity index (χ0v) is 11.8. The third-order valence-electron chi connectivity index (χ3n) is 3.00. The fourth-order valence-electron chi connectivity index (χ4n) is 2.04. The lowest BCUT2D eigenvalue weighted by molar-refractivity contribution is 0.401. The zero-order valence-electron chi connectivity index (χ0n) is 10.9. The van der Waals surface area contributed by atoms with E-state index in [0.29, 0.717) is 0 Å². The van der Waals surface area contributed by atoms with E-state index in [-0.39, 0.29) is 6.04 Å². The molecule has 1 atom stereocenters. The number of aryl methyl sites for hydroxylation is 1. The van der Waals surface area contributed by atoms with Gasteiger partial charge in [-0.15, -0.1) is 11.3 Å². The van der Waals surface area contributed by atoms with Crippen molar-refractivity contribution in [3.8, 4) is 5.75 Å². The molecule has 0 saturated carbocycles. The van der Waals surface area contributed by atoms with Crippen LogP contribution >= 0.6 is 11.3 Å². The Balaban J connectivity index is 2.28. The summed E-state index contributed by atoms with van der Waals surface area (Å²) in [7, 11) is 3.70. The van der Waals surface area contributed by atoms with Gasteiger partial charge in [-0.2, -0.15) is 0 Å². The number of thiazole rings is 1. The highest BCUT2D eigenvalue weighted by molar-refractivity contribution is 7.09. The summed E-state index contributed by atoms with van der Waals surface area (Å²) in [5, 5.41) is 3.36. The summed E-state index contributed by atoms with van der Waals surface area (Å²) in [4.78, 5) is 5.40. The van der Waals surface area contributed by atoms with Crippen LogP contribution < -0.4 is 10.1 Å². The molecule has 0 radical (unpaired) electrons. The van der Waals surface area contributed by atoms with Gasteiger partial charge in [-0.1, -0.05) is 17.7 Å². The van der Waals surface area contributed by atoms with Crippen molar-refractivity contribution in [3.05, 3.63) is 45.9 Å². The molecule has 0 aliphatic carbocycles. The number of hydrogen-bond donors (Lipinski definition) is 1. The number of nitrogens with zero attached hydrogens (tertiary/aromatic N) is 1. The molecule has 2 aromatic rings. The highest BCUT2D eigenvalue weighted by Crippen LogP contribution is 2.29. The summed E-state index contributed by atoms with van der Waals surface area (Å²) in [6.45, 7) is 2.10. The maximum atomic E-state index is 5.45. The number of methoxy groups -OCH3 is 1. The molecule has 0 amide bonds. The Morgan fingerprint density at radius 2 is 2.28 bits per heavy atom. The summed E-state index contributed by atoms with van der Waals surface area (Å²) < 4.78 is 5.45. The van der Waals surface area contributed by atoms with Crippen molar-refractivity contribution >= 4 is 11.3 Å². The van der Waals surface area contributed by atoms with Gasteiger partial charge >= 0.3 is 0 Å². The molecule has 0 bridgehead atoms. The molecular formula is C14H18N2OS. The van der Waals surface area contributed by atoms with Crippen molar-refractivity contribution in [1.29, 1.82) is 0 Å². The van der Waals surface area contributed by atoms with Crippen molar-refractivity contribution in [2.24, 2.45) is 0 Å². The van der Waals surface area contributed by atoms with Crippen LogP contribution in [0.25, 0.3) is 0 Å². The summed E-state index contributed by atoms with van der Waals surface area (Å²) in [6, 6.07) is 6.53. The van der Waals surface area contributed by atoms with Crippen LogP contribution in [0.2, 0.25) is 0 Å². The van der Waals surface area contributed by atoms with Gasteiger partial charge in [0.15, 0.2) is 0 Å². The smallest absolute Gasteiger partial charge is 0.123 e. The molecule has 2 rings (SSSR count). The Hall–Kier alpha value is -1.39. The lowest BCUT2D eigenvalue weighted by atomic mass is 10.00. The highest BCUT2D eigenvalue weighted by Gasteiger charge is 2.15. The van der Waals surface area contributed by atoms with Crippen molar-refractivity contribution in [2.45, 2.75) is 19.4 Å². The first-order valence-corrected chi connectivity index (χ1v) is 6.81. The Morgan fingerprint density at radius 1 is 1.44 bits per heavy atom. The third kappa shape index (κ3) is 2.89. The second-order valence-electron chi connectivity index (χ2n) is 4.26. The minimum absolute atomic E-state index is 0.250. The first-order chi connectivity index (χ1) is 8.74. The fraction of sp³-hybridized carbons (Fsp3) is 0.357. The minimum Gasteiger partial charge on any atom is -0.496 e. The maximum Gasteiger partial charge on any atom is 0.123 e. The van der Waals surface area contributed by atoms with Gasteiger partial charge in [-0.25, -0.2) is 0 Å². The molecular weight excluding hydrogens is 244 g/mol. The molecule has 0 spiro atoms. The molecule has 0 fully saturated rings. The van der Waals surface area contributed by atoms with E-state index >= 15 is 0 Å². The van der Waals surface area contributed by atoms with E-state index in [1.54, 1.807) is 18.4 Å². The van der Waals surface area contributed by atoms with Gasteiger partial charge in [-0.3, -0.25) is 4.98 Å². The van der Waals surface area contributed by atoms with Gasteiger partial charge in [-0.05, 0) is 20.0 Å². The van der Waals surface area contributed by atoms with Crippen molar-refractivity contribution in [2.75, 3.05) is 14.2 Å². The van der Waals surface area contributed by atoms with Crippen molar-refractivity contribution in [3.63, 3.8) is 0 Å². The first-order valence-electron chi connectivity index (χ1n) is 5.93. The number of benzene rings is 1. The Labute approximate surface area is 112 Å². The predicted octanol–water partition coefficient (Wildman–Crippen LogP) is 2.96.